The summed E-state index contributed by atoms with van der Waals surface area (Å²) in [6.45, 7) is 4.59. The van der Waals surface area contributed by atoms with E-state index in [1.807, 2.05) is 13.8 Å². The maximum absolute atomic E-state index is 13.8. The van der Waals surface area contributed by atoms with Gasteiger partial charge in [0.25, 0.3) is 5.91 Å². The number of methoxy groups -OCH3 is 1. The Labute approximate surface area is 124 Å². The van der Waals surface area contributed by atoms with Gasteiger partial charge in [0.15, 0.2) is 0 Å². The molecule has 1 unspecified atom stereocenters. The second kappa shape index (κ2) is 7.93. The first-order valence-electron chi connectivity index (χ1n) is 6.92. The van der Waals surface area contributed by atoms with Crippen molar-refractivity contribution >= 4 is 11.6 Å². The Morgan fingerprint density at radius 1 is 1.38 bits per heavy atom. The van der Waals surface area contributed by atoms with Crippen molar-refractivity contribution in [1.82, 2.24) is 4.90 Å². The van der Waals surface area contributed by atoms with Gasteiger partial charge in [-0.05, 0) is 25.5 Å². The molecule has 0 aromatic heterocycles. The molecule has 1 aromatic rings. The fourth-order valence-corrected chi connectivity index (χ4v) is 2.03. The minimum absolute atomic E-state index is 0.000373. The molecule has 0 aliphatic carbocycles. The normalized spacial score (nSPS) is 12.1. The molecule has 4 nitrogen and oxygen atoms in total. The molecule has 0 heterocycles. The molecule has 1 N–H and O–H groups in total. The lowest BCUT2D eigenvalue weighted by molar-refractivity contribution is 0.0613. The van der Waals surface area contributed by atoms with Crippen molar-refractivity contribution in [2.75, 3.05) is 32.6 Å². The second-order valence-electron chi connectivity index (χ2n) is 4.81. The zero-order valence-corrected chi connectivity index (χ0v) is 12.9. The van der Waals surface area contributed by atoms with Gasteiger partial charge in [0.2, 0.25) is 0 Å². The van der Waals surface area contributed by atoms with Crippen LogP contribution in [-0.2, 0) is 4.74 Å². The van der Waals surface area contributed by atoms with Gasteiger partial charge in [-0.2, -0.15) is 0 Å². The van der Waals surface area contributed by atoms with E-state index >= 15 is 0 Å². The highest BCUT2D eigenvalue weighted by molar-refractivity contribution is 5.95. The van der Waals surface area contributed by atoms with Crippen molar-refractivity contribution < 1.29 is 18.3 Å². The third-order valence-corrected chi connectivity index (χ3v) is 3.46. The van der Waals surface area contributed by atoms with Crippen LogP contribution in [0.4, 0.5) is 14.5 Å². The lowest BCUT2D eigenvalue weighted by Crippen LogP contribution is -2.40. The smallest absolute Gasteiger partial charge is 0.254 e. The zero-order chi connectivity index (χ0) is 16.0. The standard InChI is InChI=1S/C15H22F2N2O2/c1-5-10(2)19(6-7-21-4)15(20)11-8-12(16)14(18-3)13(17)9-11/h8-10,18H,5-7H2,1-4H3. The molecule has 1 rings (SSSR count). The first-order valence-corrected chi connectivity index (χ1v) is 6.92. The van der Waals surface area contributed by atoms with Crippen molar-refractivity contribution in [3.05, 3.63) is 29.3 Å². The largest absolute Gasteiger partial charge is 0.383 e. The molecule has 1 amide bonds. The Balaban J connectivity index is 3.08. The molecule has 0 aliphatic heterocycles. The summed E-state index contributed by atoms with van der Waals surface area (Å²) in [5, 5.41) is 2.43. The van der Waals surface area contributed by atoms with Crippen LogP contribution >= 0.6 is 0 Å². The first-order chi connectivity index (χ1) is 9.96. The van der Waals surface area contributed by atoms with Gasteiger partial charge >= 0.3 is 0 Å². The number of carbonyl (C=O) groups is 1. The summed E-state index contributed by atoms with van der Waals surface area (Å²) in [6, 6.07) is 2.07. The molecule has 0 aliphatic rings. The molecular formula is C15H22F2N2O2. The molecule has 21 heavy (non-hydrogen) atoms. The molecule has 0 spiro atoms. The Hall–Kier alpha value is -1.69. The van der Waals surface area contributed by atoms with Gasteiger partial charge in [-0.25, -0.2) is 8.78 Å². The number of carbonyl (C=O) groups excluding carboxylic acids is 1. The molecule has 1 atom stereocenters. The number of benzene rings is 1. The van der Waals surface area contributed by atoms with Crippen LogP contribution in [0.3, 0.4) is 0 Å². The van der Waals surface area contributed by atoms with Crippen LogP contribution in [0.15, 0.2) is 12.1 Å². The van der Waals surface area contributed by atoms with Crippen LogP contribution < -0.4 is 5.32 Å². The lowest BCUT2D eigenvalue weighted by atomic mass is 10.1. The van der Waals surface area contributed by atoms with E-state index in [1.54, 1.807) is 12.0 Å². The molecule has 0 saturated carbocycles. The molecule has 1 aromatic carbocycles. The summed E-state index contributed by atoms with van der Waals surface area (Å²) in [7, 11) is 2.97. The van der Waals surface area contributed by atoms with Crippen LogP contribution in [0.2, 0.25) is 0 Å². The molecule has 0 fully saturated rings. The van der Waals surface area contributed by atoms with Crippen LogP contribution in [-0.4, -0.2) is 44.2 Å². The van der Waals surface area contributed by atoms with E-state index in [4.69, 9.17) is 4.74 Å². The number of rotatable bonds is 7. The van der Waals surface area contributed by atoms with Crippen molar-refractivity contribution in [2.45, 2.75) is 26.3 Å². The molecule has 0 saturated heterocycles. The second-order valence-corrected chi connectivity index (χ2v) is 4.81. The predicted molar refractivity (Wildman–Crippen MR) is 78.6 cm³/mol. The van der Waals surface area contributed by atoms with Crippen LogP contribution in [0, 0.1) is 11.6 Å². The van der Waals surface area contributed by atoms with Crippen molar-refractivity contribution in [3.63, 3.8) is 0 Å². The topological polar surface area (TPSA) is 41.6 Å². The number of anilines is 1. The lowest BCUT2D eigenvalue weighted by Gasteiger charge is -2.28. The molecular weight excluding hydrogens is 278 g/mol. The number of ether oxygens (including phenoxy) is 1. The van der Waals surface area contributed by atoms with Crippen molar-refractivity contribution in [2.24, 2.45) is 0 Å². The molecule has 0 radical (unpaired) electrons. The number of amides is 1. The zero-order valence-electron chi connectivity index (χ0n) is 12.9. The highest BCUT2D eigenvalue weighted by Gasteiger charge is 2.22. The highest BCUT2D eigenvalue weighted by atomic mass is 19.1. The Morgan fingerprint density at radius 2 is 1.95 bits per heavy atom. The van der Waals surface area contributed by atoms with Gasteiger partial charge in [0.1, 0.15) is 17.3 Å². The Morgan fingerprint density at radius 3 is 2.38 bits per heavy atom. The van der Waals surface area contributed by atoms with E-state index in [-0.39, 0.29) is 17.3 Å². The monoisotopic (exact) mass is 300 g/mol. The van der Waals surface area contributed by atoms with Crippen molar-refractivity contribution in [1.29, 1.82) is 0 Å². The van der Waals surface area contributed by atoms with Crippen molar-refractivity contribution in [3.8, 4) is 0 Å². The van der Waals surface area contributed by atoms with Gasteiger partial charge < -0.3 is 15.0 Å². The number of halogens is 2. The third kappa shape index (κ3) is 4.14. The number of nitrogens with one attached hydrogen (secondary N) is 1. The van der Waals surface area contributed by atoms with Crippen LogP contribution in [0.5, 0.6) is 0 Å². The number of nitrogens with zero attached hydrogens (tertiary/aromatic N) is 1. The Bertz CT molecular complexity index is 472. The van der Waals surface area contributed by atoms with Gasteiger partial charge in [-0.3, -0.25) is 4.79 Å². The summed E-state index contributed by atoms with van der Waals surface area (Å²) in [4.78, 5) is 14.0. The van der Waals surface area contributed by atoms with E-state index in [9.17, 15) is 13.6 Å². The maximum Gasteiger partial charge on any atom is 0.254 e. The molecule has 118 valence electrons. The van der Waals surface area contributed by atoms with E-state index in [0.29, 0.717) is 13.2 Å². The number of hydrogen-bond acceptors (Lipinski definition) is 3. The van der Waals surface area contributed by atoms with Gasteiger partial charge in [-0.15, -0.1) is 0 Å². The summed E-state index contributed by atoms with van der Waals surface area (Å²) in [5.74, 6) is -1.96. The van der Waals surface area contributed by atoms with E-state index in [1.165, 1.54) is 7.05 Å². The summed E-state index contributed by atoms with van der Waals surface area (Å²) in [6.07, 6.45) is 0.745. The summed E-state index contributed by atoms with van der Waals surface area (Å²) in [5.41, 5.74) is -0.237. The molecule has 6 heteroatoms. The maximum atomic E-state index is 13.8. The van der Waals surface area contributed by atoms with Crippen LogP contribution in [0.1, 0.15) is 30.6 Å². The minimum atomic E-state index is -0.781. The minimum Gasteiger partial charge on any atom is -0.383 e. The molecule has 0 bridgehead atoms. The highest BCUT2D eigenvalue weighted by Crippen LogP contribution is 2.22. The predicted octanol–water partition coefficient (Wildman–Crippen LogP) is 2.89. The average Bonchev–Trinajstić information content (AvgIpc) is 2.46. The van der Waals surface area contributed by atoms with Gasteiger partial charge in [0, 0.05) is 32.3 Å². The van der Waals surface area contributed by atoms with E-state index < -0.39 is 17.5 Å². The SMILES string of the molecule is CCC(C)N(CCOC)C(=O)c1cc(F)c(NC)c(F)c1. The average molecular weight is 300 g/mol. The Kier molecular flexibility index (Phi) is 6.55. The number of hydrogen-bond donors (Lipinski definition) is 1. The summed E-state index contributed by atoms with van der Waals surface area (Å²) >= 11 is 0. The fourth-order valence-electron chi connectivity index (χ4n) is 2.03. The van der Waals surface area contributed by atoms with Gasteiger partial charge in [0.05, 0.1) is 6.61 Å². The quantitative estimate of drug-likeness (QED) is 0.842. The summed E-state index contributed by atoms with van der Waals surface area (Å²) < 4.78 is 32.5. The fraction of sp³-hybridized carbons (Fsp3) is 0.533. The van der Waals surface area contributed by atoms with E-state index in [0.717, 1.165) is 18.6 Å². The van der Waals surface area contributed by atoms with Crippen LogP contribution in [0.25, 0.3) is 0 Å². The third-order valence-electron chi connectivity index (χ3n) is 3.46. The first kappa shape index (κ1) is 17.4. The van der Waals surface area contributed by atoms with E-state index in [2.05, 4.69) is 5.32 Å². The van der Waals surface area contributed by atoms with Gasteiger partial charge in [-0.1, -0.05) is 6.92 Å².